The van der Waals surface area contributed by atoms with Crippen LogP contribution in [0.3, 0.4) is 0 Å². The molecular formula is C16H24I2N3O2-. The van der Waals surface area contributed by atoms with Crippen molar-refractivity contribution in [1.29, 1.82) is 0 Å². The van der Waals surface area contributed by atoms with Crippen LogP contribution in [0.1, 0.15) is 52.9 Å². The number of rotatable bonds is 5. The van der Waals surface area contributed by atoms with Crippen molar-refractivity contribution >= 4 is 26.3 Å². The van der Waals surface area contributed by atoms with Crippen molar-refractivity contribution < 1.29 is 31.0 Å². The van der Waals surface area contributed by atoms with Crippen LogP contribution in [0.25, 0.3) is 0 Å². The molecule has 0 radical (unpaired) electrons. The quantitative estimate of drug-likeness (QED) is 0.104. The summed E-state index contributed by atoms with van der Waals surface area (Å²) in [6.07, 6.45) is 6.26. The monoisotopic (exact) mass is 544 g/mol. The van der Waals surface area contributed by atoms with Gasteiger partial charge < -0.3 is 0 Å². The number of hydrogen-bond acceptors (Lipinski definition) is 5. The molecule has 0 aromatic rings. The molecule has 7 heteroatoms. The number of fused-ring (bicyclic) bond motifs is 1. The molecule has 3 saturated carbocycles. The van der Waals surface area contributed by atoms with Crippen LogP contribution >= 0.6 is 20.4 Å². The molecule has 6 unspecified atom stereocenters. The van der Waals surface area contributed by atoms with Crippen LogP contribution in [-0.4, -0.2) is 18.8 Å². The minimum atomic E-state index is -1.11. The molecule has 23 heavy (non-hydrogen) atoms. The summed E-state index contributed by atoms with van der Waals surface area (Å²) in [6.45, 7) is 6.87. The zero-order valence-corrected chi connectivity index (χ0v) is 18.1. The third-order valence-electron chi connectivity index (χ3n) is 7.90. The van der Waals surface area contributed by atoms with Gasteiger partial charge in [0.05, 0.1) is 0 Å². The molecule has 6 fully saturated rings. The van der Waals surface area contributed by atoms with Crippen molar-refractivity contribution in [3.8, 4) is 0 Å². The van der Waals surface area contributed by atoms with Gasteiger partial charge in [-0.2, -0.15) is 0 Å². The fourth-order valence-electron chi connectivity index (χ4n) is 6.37. The van der Waals surface area contributed by atoms with Crippen LogP contribution in [-0.2, 0) is 9.53 Å². The van der Waals surface area contributed by atoms with E-state index < -0.39 is 20.4 Å². The normalized spacial score (nSPS) is 56.7. The molecule has 3 saturated heterocycles. The Morgan fingerprint density at radius 1 is 1.35 bits per heavy atom. The van der Waals surface area contributed by atoms with Gasteiger partial charge in [-0.25, -0.2) is 0 Å². The Hall–Kier alpha value is 0.810. The molecule has 6 aliphatic rings. The van der Waals surface area contributed by atoms with Gasteiger partial charge in [0, 0.05) is 0 Å². The van der Waals surface area contributed by atoms with Crippen molar-refractivity contribution in [3.05, 3.63) is 0 Å². The molecule has 0 aromatic carbocycles. The second-order valence-corrected chi connectivity index (χ2v) is 15.8. The molecule has 3 aliphatic carbocycles. The summed E-state index contributed by atoms with van der Waals surface area (Å²) >= 11 is -1.36. The van der Waals surface area contributed by atoms with Crippen molar-refractivity contribution in [2.75, 3.05) is 0 Å². The van der Waals surface area contributed by atoms with Crippen LogP contribution in [0.15, 0.2) is 0 Å². The van der Waals surface area contributed by atoms with E-state index in [1.165, 1.54) is 25.7 Å². The molecule has 6 atom stereocenters. The van der Waals surface area contributed by atoms with Crippen LogP contribution in [0, 0.1) is 22.7 Å². The topological polar surface area (TPSA) is 92.1 Å². The molecule has 5 nitrogen and oxygen atoms in total. The Kier molecular flexibility index (Phi) is 2.52. The van der Waals surface area contributed by atoms with Crippen LogP contribution in [0.4, 0.5) is 0 Å². The van der Waals surface area contributed by atoms with Gasteiger partial charge >= 0.3 is 156 Å². The average molecular weight is 544 g/mol. The predicted octanol–water partition coefficient (Wildman–Crippen LogP) is -0.975. The first-order valence-electron chi connectivity index (χ1n) is 8.78. The predicted molar refractivity (Wildman–Crippen MR) is 89.7 cm³/mol. The van der Waals surface area contributed by atoms with Crippen LogP contribution in [0.5, 0.6) is 0 Å². The van der Waals surface area contributed by atoms with Gasteiger partial charge in [0.2, 0.25) is 0 Å². The van der Waals surface area contributed by atoms with E-state index in [4.69, 9.17) is 4.74 Å². The van der Waals surface area contributed by atoms with Crippen LogP contribution < -0.4 is 32.1 Å². The van der Waals surface area contributed by atoms with Crippen molar-refractivity contribution in [2.24, 2.45) is 22.7 Å². The molecular weight excluding hydrogens is 520 g/mol. The number of carbonyl (C=O) groups is 1. The van der Waals surface area contributed by atoms with E-state index in [1.807, 2.05) is 0 Å². The Balaban J connectivity index is 1.31. The van der Waals surface area contributed by atoms with Gasteiger partial charge in [-0.3, -0.25) is 0 Å². The van der Waals surface area contributed by atoms with E-state index in [2.05, 4.69) is 31.4 Å². The van der Waals surface area contributed by atoms with Gasteiger partial charge in [0.1, 0.15) is 0 Å². The Morgan fingerprint density at radius 3 is 2.52 bits per heavy atom. The summed E-state index contributed by atoms with van der Waals surface area (Å²) in [7, 11) is 0. The first-order chi connectivity index (χ1) is 10.9. The third-order valence-corrected chi connectivity index (χ3v) is 16.4. The summed E-state index contributed by atoms with van der Waals surface area (Å²) in [5, 5.41) is 0. The summed E-state index contributed by atoms with van der Waals surface area (Å²) in [6, 6.07) is 0. The number of ether oxygens (including phenoxy) is 1. The number of carbonyl (C=O) groups excluding carboxylic acids is 1. The Labute approximate surface area is 155 Å². The minimum absolute atomic E-state index is 0.0238. The zero-order chi connectivity index (χ0) is 15.9. The van der Waals surface area contributed by atoms with E-state index in [9.17, 15) is 4.79 Å². The van der Waals surface area contributed by atoms with Gasteiger partial charge in [-0.15, -0.1) is 0 Å². The molecule has 3 N–H and O–H groups in total. The average Bonchev–Trinajstić information content (AvgIpc) is 3.28. The molecule has 0 amide bonds. The van der Waals surface area contributed by atoms with Crippen molar-refractivity contribution in [3.63, 3.8) is 0 Å². The van der Waals surface area contributed by atoms with E-state index >= 15 is 0 Å². The van der Waals surface area contributed by atoms with Crippen molar-refractivity contribution in [2.45, 2.75) is 65.7 Å². The Morgan fingerprint density at radius 2 is 2.04 bits per heavy atom. The first-order valence-corrected chi connectivity index (χ1v) is 14.2. The molecule has 3 heterocycles. The molecule has 0 bridgehead atoms. The Bertz CT molecular complexity index is 649. The number of hydrogen-bond donors (Lipinski definition) is 3. The van der Waals surface area contributed by atoms with E-state index in [-0.39, 0.29) is 45.7 Å². The van der Waals surface area contributed by atoms with Crippen molar-refractivity contribution in [1.82, 2.24) is 10.6 Å². The molecule has 130 valence electrons. The molecule has 0 aromatic heterocycles. The number of halogens is 2. The fraction of sp³-hybridized carbons (Fsp3) is 0.938. The van der Waals surface area contributed by atoms with E-state index in [1.54, 1.807) is 0 Å². The van der Waals surface area contributed by atoms with Gasteiger partial charge in [0.15, 0.2) is 0 Å². The number of alkyl halides is 2. The molecule has 1 spiro atoms. The SMILES string of the molecule is CCC(C)(OC(=O)C1(C23NI2N3)N[I-]1)C12CC(C)CC13CC3C2. The van der Waals surface area contributed by atoms with Gasteiger partial charge in [0.25, 0.3) is 0 Å². The standard InChI is InChI=1S/C16H24I2N3O2/c1-4-12(3,14-6-9(2)5-13(14)7-10(13)8-14)23-11(22)15(17-19-15)16-18(20-16)21-16/h9-10,19-21H,4-8H2,1-3H3/q-1. The third kappa shape index (κ3) is 1.44. The second-order valence-electron chi connectivity index (χ2n) is 8.81. The number of esters is 1. The van der Waals surface area contributed by atoms with E-state index in [0.717, 1.165) is 18.3 Å². The van der Waals surface area contributed by atoms with Crippen LogP contribution in [0.2, 0.25) is 0 Å². The summed E-state index contributed by atoms with van der Waals surface area (Å²) in [5.41, 5.74) is 0.526. The summed E-state index contributed by atoms with van der Waals surface area (Å²) in [5.74, 6) is 1.78. The maximum atomic E-state index is 13.1. The van der Waals surface area contributed by atoms with Gasteiger partial charge in [-0.05, 0) is 0 Å². The van der Waals surface area contributed by atoms with E-state index in [0.29, 0.717) is 5.41 Å². The first kappa shape index (κ1) is 14.9. The number of nitrogens with one attached hydrogen (secondary N) is 3. The molecule has 3 aliphatic heterocycles. The summed E-state index contributed by atoms with van der Waals surface area (Å²) in [4.78, 5) is 13.1. The summed E-state index contributed by atoms with van der Waals surface area (Å²) < 4.78 is 16.6. The second kappa shape index (κ2) is 3.89. The zero-order valence-electron chi connectivity index (χ0n) is 13.8. The maximum absolute atomic E-state index is 13.1. The fourth-order valence-corrected chi connectivity index (χ4v) is 16.4. The van der Waals surface area contributed by atoms with Gasteiger partial charge in [-0.1, -0.05) is 0 Å². The molecule has 6 rings (SSSR count).